The number of halogens is 1. The molecule has 0 saturated carbocycles. The van der Waals surface area contributed by atoms with Gasteiger partial charge in [-0.3, -0.25) is 0 Å². The predicted octanol–water partition coefficient (Wildman–Crippen LogP) is 6.53. The summed E-state index contributed by atoms with van der Waals surface area (Å²) in [7, 11) is 0. The molecule has 0 spiro atoms. The van der Waals surface area contributed by atoms with Crippen LogP contribution in [0.3, 0.4) is 0 Å². The minimum absolute atomic E-state index is 0.242. The zero-order valence-corrected chi connectivity index (χ0v) is 18.6. The zero-order chi connectivity index (χ0) is 21.9. The molecule has 0 saturated heterocycles. The van der Waals surface area contributed by atoms with Gasteiger partial charge in [-0.05, 0) is 52.7 Å². The summed E-state index contributed by atoms with van der Waals surface area (Å²) in [6.07, 6.45) is 1.70. The largest absolute Gasteiger partial charge is 0.488 e. The van der Waals surface area contributed by atoms with Gasteiger partial charge in [0, 0.05) is 15.6 Å². The highest BCUT2D eigenvalue weighted by molar-refractivity contribution is 9.10. The molecule has 4 aromatic carbocycles. The second-order valence-corrected chi connectivity index (χ2v) is 8.27. The number of cyclic esters (lactones) is 1. The van der Waals surface area contributed by atoms with E-state index >= 15 is 0 Å². The van der Waals surface area contributed by atoms with Gasteiger partial charge in [0.25, 0.3) is 0 Å². The summed E-state index contributed by atoms with van der Waals surface area (Å²) in [5.74, 6) is 0.497. The summed E-state index contributed by atoms with van der Waals surface area (Å²) in [5, 5.41) is 2.18. The lowest BCUT2D eigenvalue weighted by molar-refractivity contribution is -0.129. The fourth-order valence-corrected chi connectivity index (χ4v) is 3.97. The number of rotatable bonds is 5. The van der Waals surface area contributed by atoms with Crippen molar-refractivity contribution in [3.8, 4) is 5.75 Å². The molecule has 1 aliphatic heterocycles. The SMILES string of the molecule is O=C1OC(c2ccc3ccccc3c2)=N/C1=C\c1ccccc1OCc1cccc(Br)c1. The number of benzene rings is 4. The summed E-state index contributed by atoms with van der Waals surface area (Å²) in [5.41, 5.74) is 2.81. The second-order valence-electron chi connectivity index (χ2n) is 7.35. The monoisotopic (exact) mass is 483 g/mol. The molecular formula is C27H18BrNO3. The van der Waals surface area contributed by atoms with E-state index in [2.05, 4.69) is 20.9 Å². The maximum atomic E-state index is 12.5. The molecule has 0 fully saturated rings. The molecule has 0 N–H and O–H groups in total. The molecule has 0 aliphatic carbocycles. The molecule has 32 heavy (non-hydrogen) atoms. The smallest absolute Gasteiger partial charge is 0.363 e. The van der Waals surface area contributed by atoms with Gasteiger partial charge < -0.3 is 9.47 Å². The quantitative estimate of drug-likeness (QED) is 0.239. The normalized spacial score (nSPS) is 14.5. The van der Waals surface area contributed by atoms with Crippen molar-refractivity contribution >= 4 is 44.6 Å². The van der Waals surface area contributed by atoms with Crippen LogP contribution in [-0.2, 0) is 16.1 Å². The number of hydrogen-bond donors (Lipinski definition) is 0. The fourth-order valence-electron chi connectivity index (χ4n) is 3.52. The van der Waals surface area contributed by atoms with Crippen LogP contribution in [-0.4, -0.2) is 11.9 Å². The van der Waals surface area contributed by atoms with Crippen molar-refractivity contribution in [1.29, 1.82) is 0 Å². The van der Waals surface area contributed by atoms with Gasteiger partial charge in [0.15, 0.2) is 5.70 Å². The van der Waals surface area contributed by atoms with Crippen molar-refractivity contribution in [2.75, 3.05) is 0 Å². The Bertz CT molecular complexity index is 1390. The third kappa shape index (κ3) is 4.34. The fraction of sp³-hybridized carbons (Fsp3) is 0.0370. The number of fused-ring (bicyclic) bond motifs is 1. The van der Waals surface area contributed by atoms with Gasteiger partial charge in [-0.25, -0.2) is 9.79 Å². The van der Waals surface area contributed by atoms with Gasteiger partial charge in [-0.15, -0.1) is 0 Å². The number of carbonyl (C=O) groups is 1. The van der Waals surface area contributed by atoms with E-state index in [1.54, 1.807) is 6.08 Å². The number of ether oxygens (including phenoxy) is 2. The number of carbonyl (C=O) groups excluding carboxylic acids is 1. The van der Waals surface area contributed by atoms with Crippen molar-refractivity contribution in [3.63, 3.8) is 0 Å². The molecule has 0 aromatic heterocycles. The first-order chi connectivity index (χ1) is 15.7. The molecule has 0 unspecified atom stereocenters. The van der Waals surface area contributed by atoms with Crippen LogP contribution in [0.4, 0.5) is 0 Å². The van der Waals surface area contributed by atoms with E-state index in [4.69, 9.17) is 9.47 Å². The van der Waals surface area contributed by atoms with Crippen LogP contribution >= 0.6 is 15.9 Å². The van der Waals surface area contributed by atoms with Crippen LogP contribution in [0, 0.1) is 0 Å². The third-order valence-electron chi connectivity index (χ3n) is 5.11. The summed E-state index contributed by atoms with van der Waals surface area (Å²) < 4.78 is 12.5. The molecule has 1 aliphatic rings. The van der Waals surface area contributed by atoms with Crippen molar-refractivity contribution in [1.82, 2.24) is 0 Å². The average Bonchev–Trinajstić information content (AvgIpc) is 3.18. The lowest BCUT2D eigenvalue weighted by atomic mass is 10.1. The molecule has 1 heterocycles. The van der Waals surface area contributed by atoms with E-state index in [1.807, 2.05) is 91.0 Å². The van der Waals surface area contributed by atoms with Crippen molar-refractivity contribution < 1.29 is 14.3 Å². The Morgan fingerprint density at radius 3 is 2.56 bits per heavy atom. The lowest BCUT2D eigenvalue weighted by Crippen LogP contribution is -2.05. The second kappa shape index (κ2) is 8.81. The first-order valence-electron chi connectivity index (χ1n) is 10.1. The predicted molar refractivity (Wildman–Crippen MR) is 129 cm³/mol. The minimum Gasteiger partial charge on any atom is -0.488 e. The van der Waals surface area contributed by atoms with Gasteiger partial charge >= 0.3 is 5.97 Å². The number of hydrogen-bond acceptors (Lipinski definition) is 4. The Balaban J connectivity index is 1.41. The first kappa shape index (κ1) is 20.2. The molecule has 4 aromatic rings. The Morgan fingerprint density at radius 1 is 0.875 bits per heavy atom. The molecule has 0 bridgehead atoms. The van der Waals surface area contributed by atoms with Crippen LogP contribution in [0.15, 0.2) is 106 Å². The van der Waals surface area contributed by atoms with Crippen molar-refractivity contribution in [2.45, 2.75) is 6.61 Å². The number of esters is 1. The Kier molecular flexibility index (Phi) is 5.57. The van der Waals surface area contributed by atoms with Crippen LogP contribution in [0.25, 0.3) is 16.8 Å². The van der Waals surface area contributed by atoms with E-state index < -0.39 is 5.97 Å². The van der Waals surface area contributed by atoms with Gasteiger partial charge in [0.05, 0.1) is 0 Å². The zero-order valence-electron chi connectivity index (χ0n) is 17.0. The number of para-hydroxylation sites is 1. The summed E-state index contributed by atoms with van der Waals surface area (Å²) in [4.78, 5) is 17.0. The maximum Gasteiger partial charge on any atom is 0.363 e. The van der Waals surface area contributed by atoms with Crippen LogP contribution in [0.5, 0.6) is 5.75 Å². The first-order valence-corrected chi connectivity index (χ1v) is 10.9. The Labute approximate surface area is 194 Å². The molecule has 0 amide bonds. The van der Waals surface area contributed by atoms with Gasteiger partial charge in [0.1, 0.15) is 12.4 Å². The summed E-state index contributed by atoms with van der Waals surface area (Å²) in [6.45, 7) is 0.412. The van der Waals surface area contributed by atoms with Gasteiger partial charge in [-0.2, -0.15) is 0 Å². The third-order valence-corrected chi connectivity index (χ3v) is 5.60. The Morgan fingerprint density at radius 2 is 1.69 bits per heavy atom. The highest BCUT2D eigenvalue weighted by Crippen LogP contribution is 2.26. The number of aliphatic imine (C=N–C) groups is 1. The molecule has 156 valence electrons. The molecule has 0 atom stereocenters. The Hall–Kier alpha value is -3.70. The van der Waals surface area contributed by atoms with Gasteiger partial charge in [0.2, 0.25) is 5.90 Å². The lowest BCUT2D eigenvalue weighted by Gasteiger charge is -2.09. The van der Waals surface area contributed by atoms with E-state index in [0.717, 1.165) is 31.9 Å². The van der Waals surface area contributed by atoms with Crippen LogP contribution in [0.1, 0.15) is 16.7 Å². The van der Waals surface area contributed by atoms with E-state index in [9.17, 15) is 4.79 Å². The summed E-state index contributed by atoms with van der Waals surface area (Å²) in [6, 6.07) is 29.4. The topological polar surface area (TPSA) is 47.9 Å². The standard InChI is InChI=1S/C27H18BrNO3/c28-23-10-5-6-18(14-23)17-31-25-11-4-3-9-21(25)16-24-27(30)32-26(29-24)22-13-12-19-7-1-2-8-20(19)15-22/h1-16H,17H2/b24-16-. The molecular weight excluding hydrogens is 466 g/mol. The molecule has 5 rings (SSSR count). The van der Waals surface area contributed by atoms with Gasteiger partial charge in [-0.1, -0.05) is 76.6 Å². The van der Waals surface area contributed by atoms with Crippen molar-refractivity contribution in [2.24, 2.45) is 4.99 Å². The van der Waals surface area contributed by atoms with Crippen LogP contribution in [0.2, 0.25) is 0 Å². The molecule has 5 heteroatoms. The van der Waals surface area contributed by atoms with Crippen molar-refractivity contribution in [3.05, 3.63) is 118 Å². The maximum absolute atomic E-state index is 12.5. The summed E-state index contributed by atoms with van der Waals surface area (Å²) >= 11 is 3.47. The molecule has 0 radical (unpaired) electrons. The van der Waals surface area contributed by atoms with Crippen LogP contribution < -0.4 is 4.74 Å². The highest BCUT2D eigenvalue weighted by atomic mass is 79.9. The highest BCUT2D eigenvalue weighted by Gasteiger charge is 2.24. The molecule has 4 nitrogen and oxygen atoms in total. The number of nitrogens with zero attached hydrogens (tertiary/aromatic N) is 1. The minimum atomic E-state index is -0.477. The van der Waals surface area contributed by atoms with E-state index in [-0.39, 0.29) is 5.70 Å². The van der Waals surface area contributed by atoms with E-state index in [1.165, 1.54) is 0 Å². The van der Waals surface area contributed by atoms with E-state index in [0.29, 0.717) is 18.3 Å². The average molecular weight is 484 g/mol.